The van der Waals surface area contributed by atoms with Crippen molar-refractivity contribution in [3.63, 3.8) is 0 Å². The molecular formula is C16H12FNO2. The van der Waals surface area contributed by atoms with Crippen LogP contribution in [0.3, 0.4) is 0 Å². The Labute approximate surface area is 115 Å². The predicted molar refractivity (Wildman–Crippen MR) is 74.0 cm³/mol. The van der Waals surface area contributed by atoms with Crippen molar-refractivity contribution < 1.29 is 13.9 Å². The number of carbonyl (C=O) groups is 1. The van der Waals surface area contributed by atoms with Crippen LogP contribution in [-0.4, -0.2) is 18.7 Å². The second kappa shape index (κ2) is 4.89. The molecule has 0 fully saturated rings. The van der Waals surface area contributed by atoms with Crippen molar-refractivity contribution in [3.8, 4) is 5.75 Å². The molecule has 0 saturated heterocycles. The van der Waals surface area contributed by atoms with Gasteiger partial charge in [0, 0.05) is 17.5 Å². The number of fused-ring (bicyclic) bond motifs is 1. The Bertz CT molecular complexity index is 705. The SMILES string of the molecule is COc1ccc(C2=NC(=O)c3cccc(F)c3C2)cc1. The summed E-state index contributed by atoms with van der Waals surface area (Å²) in [4.78, 5) is 16.0. The molecule has 20 heavy (non-hydrogen) atoms. The number of nitrogens with zero attached hydrogens (tertiary/aromatic N) is 1. The molecule has 0 radical (unpaired) electrons. The molecule has 1 aliphatic heterocycles. The van der Waals surface area contributed by atoms with Crippen molar-refractivity contribution in [2.45, 2.75) is 6.42 Å². The van der Waals surface area contributed by atoms with Crippen molar-refractivity contribution in [3.05, 3.63) is 65.0 Å². The van der Waals surface area contributed by atoms with Gasteiger partial charge in [-0.25, -0.2) is 9.38 Å². The van der Waals surface area contributed by atoms with E-state index in [0.717, 1.165) is 11.3 Å². The van der Waals surface area contributed by atoms with Gasteiger partial charge < -0.3 is 4.74 Å². The first-order chi connectivity index (χ1) is 9.69. The third-order valence-electron chi connectivity index (χ3n) is 3.35. The summed E-state index contributed by atoms with van der Waals surface area (Å²) in [6, 6.07) is 11.7. The number of rotatable bonds is 2. The molecule has 0 unspecified atom stereocenters. The molecule has 1 amide bonds. The van der Waals surface area contributed by atoms with Gasteiger partial charge in [-0.1, -0.05) is 6.07 Å². The van der Waals surface area contributed by atoms with E-state index in [9.17, 15) is 9.18 Å². The van der Waals surface area contributed by atoms with Crippen LogP contribution in [0.25, 0.3) is 0 Å². The Hall–Kier alpha value is -2.49. The van der Waals surface area contributed by atoms with E-state index in [1.165, 1.54) is 12.1 Å². The van der Waals surface area contributed by atoms with Gasteiger partial charge in [-0.2, -0.15) is 0 Å². The topological polar surface area (TPSA) is 38.7 Å². The molecule has 4 heteroatoms. The van der Waals surface area contributed by atoms with E-state index in [1.54, 1.807) is 25.3 Å². The Balaban J connectivity index is 2.00. The van der Waals surface area contributed by atoms with E-state index in [0.29, 0.717) is 23.3 Å². The zero-order chi connectivity index (χ0) is 14.1. The molecule has 0 saturated carbocycles. The van der Waals surface area contributed by atoms with Crippen molar-refractivity contribution in [2.24, 2.45) is 4.99 Å². The van der Waals surface area contributed by atoms with Gasteiger partial charge in [0.05, 0.1) is 12.8 Å². The molecule has 2 aromatic carbocycles. The lowest BCUT2D eigenvalue weighted by atomic mass is 9.94. The second-order valence-electron chi connectivity index (χ2n) is 4.53. The van der Waals surface area contributed by atoms with Crippen LogP contribution in [0.1, 0.15) is 21.5 Å². The van der Waals surface area contributed by atoms with Crippen LogP contribution in [0.5, 0.6) is 5.75 Å². The van der Waals surface area contributed by atoms with Gasteiger partial charge in [0.15, 0.2) is 0 Å². The first-order valence-corrected chi connectivity index (χ1v) is 6.23. The molecule has 3 nitrogen and oxygen atoms in total. The van der Waals surface area contributed by atoms with Gasteiger partial charge in [0.1, 0.15) is 11.6 Å². The molecule has 1 heterocycles. The normalized spacial score (nSPS) is 13.7. The fourth-order valence-electron chi connectivity index (χ4n) is 2.28. The van der Waals surface area contributed by atoms with E-state index in [2.05, 4.69) is 4.99 Å². The molecule has 3 rings (SSSR count). The lowest BCUT2D eigenvalue weighted by molar-refractivity contribution is 0.0999. The minimum absolute atomic E-state index is 0.320. The Morgan fingerprint density at radius 2 is 1.90 bits per heavy atom. The fraction of sp³-hybridized carbons (Fsp3) is 0.125. The maximum Gasteiger partial charge on any atom is 0.277 e. The zero-order valence-electron chi connectivity index (χ0n) is 10.9. The third kappa shape index (κ3) is 2.09. The van der Waals surface area contributed by atoms with E-state index in [1.807, 2.05) is 12.1 Å². The molecule has 0 spiro atoms. The Morgan fingerprint density at radius 1 is 1.15 bits per heavy atom. The highest BCUT2D eigenvalue weighted by Crippen LogP contribution is 2.23. The number of aliphatic imine (C=N–C) groups is 1. The monoisotopic (exact) mass is 269 g/mol. The lowest BCUT2D eigenvalue weighted by Gasteiger charge is -2.16. The summed E-state index contributed by atoms with van der Waals surface area (Å²) in [5.74, 6) is -0.0311. The summed E-state index contributed by atoms with van der Waals surface area (Å²) in [7, 11) is 1.59. The van der Waals surface area contributed by atoms with E-state index in [-0.39, 0.29) is 5.82 Å². The van der Waals surface area contributed by atoms with Crippen LogP contribution in [0, 0.1) is 5.82 Å². The molecule has 0 bridgehead atoms. The average molecular weight is 269 g/mol. The van der Waals surface area contributed by atoms with Crippen molar-refractivity contribution in [1.82, 2.24) is 0 Å². The molecular weight excluding hydrogens is 257 g/mol. The number of methoxy groups -OCH3 is 1. The van der Waals surface area contributed by atoms with Crippen LogP contribution < -0.4 is 4.74 Å². The van der Waals surface area contributed by atoms with Crippen LogP contribution in [-0.2, 0) is 6.42 Å². The molecule has 0 N–H and O–H groups in total. The molecule has 1 aliphatic rings. The number of hydrogen-bond donors (Lipinski definition) is 0. The molecule has 100 valence electrons. The Morgan fingerprint density at radius 3 is 2.60 bits per heavy atom. The number of benzene rings is 2. The average Bonchev–Trinajstić information content (AvgIpc) is 2.48. The van der Waals surface area contributed by atoms with E-state index in [4.69, 9.17) is 4.74 Å². The third-order valence-corrected chi connectivity index (χ3v) is 3.35. The first kappa shape index (κ1) is 12.5. The summed E-state index contributed by atoms with van der Waals surface area (Å²) < 4.78 is 18.9. The van der Waals surface area contributed by atoms with E-state index >= 15 is 0 Å². The number of carbonyl (C=O) groups excluding carboxylic acids is 1. The number of hydrogen-bond acceptors (Lipinski definition) is 2. The van der Waals surface area contributed by atoms with Crippen LogP contribution in [0.15, 0.2) is 47.5 Å². The number of halogens is 1. The molecule has 0 aliphatic carbocycles. The molecule has 2 aromatic rings. The summed E-state index contributed by atoms with van der Waals surface area (Å²) in [5.41, 5.74) is 2.14. The van der Waals surface area contributed by atoms with Gasteiger partial charge >= 0.3 is 0 Å². The first-order valence-electron chi connectivity index (χ1n) is 6.23. The van der Waals surface area contributed by atoms with E-state index < -0.39 is 5.91 Å². The van der Waals surface area contributed by atoms with Crippen molar-refractivity contribution in [1.29, 1.82) is 0 Å². The number of amides is 1. The highest BCUT2D eigenvalue weighted by molar-refractivity contribution is 6.15. The smallest absolute Gasteiger partial charge is 0.277 e. The standard InChI is InChI=1S/C16H12FNO2/c1-20-11-7-5-10(6-8-11)15-9-13-12(16(19)18-15)3-2-4-14(13)17/h2-8H,9H2,1H3. The Kier molecular flexibility index (Phi) is 3.06. The molecule has 0 aromatic heterocycles. The predicted octanol–water partition coefficient (Wildman–Crippen LogP) is 3.02. The minimum Gasteiger partial charge on any atom is -0.497 e. The van der Waals surface area contributed by atoms with Crippen LogP contribution in [0.4, 0.5) is 4.39 Å². The second-order valence-corrected chi connectivity index (χ2v) is 4.53. The van der Waals surface area contributed by atoms with Gasteiger partial charge in [0.2, 0.25) is 0 Å². The van der Waals surface area contributed by atoms with Crippen molar-refractivity contribution in [2.75, 3.05) is 7.11 Å². The minimum atomic E-state index is -0.392. The summed E-state index contributed by atoms with van der Waals surface area (Å²) in [6.07, 6.45) is 0.320. The largest absolute Gasteiger partial charge is 0.497 e. The summed E-state index contributed by atoms with van der Waals surface area (Å²) in [5, 5.41) is 0. The maximum absolute atomic E-state index is 13.8. The van der Waals surface area contributed by atoms with Crippen molar-refractivity contribution >= 4 is 11.6 Å². The lowest BCUT2D eigenvalue weighted by Crippen LogP contribution is -2.18. The fourth-order valence-corrected chi connectivity index (χ4v) is 2.28. The highest BCUT2D eigenvalue weighted by Gasteiger charge is 2.22. The maximum atomic E-state index is 13.8. The summed E-state index contributed by atoms with van der Waals surface area (Å²) >= 11 is 0. The highest BCUT2D eigenvalue weighted by atomic mass is 19.1. The molecule has 0 atom stereocenters. The van der Waals surface area contributed by atoms with Crippen LogP contribution >= 0.6 is 0 Å². The van der Waals surface area contributed by atoms with Gasteiger partial charge in [-0.05, 0) is 42.0 Å². The quantitative estimate of drug-likeness (QED) is 0.840. The van der Waals surface area contributed by atoms with Crippen LogP contribution in [0.2, 0.25) is 0 Å². The summed E-state index contributed by atoms with van der Waals surface area (Å²) in [6.45, 7) is 0. The zero-order valence-corrected chi connectivity index (χ0v) is 10.9. The van der Waals surface area contributed by atoms with Gasteiger partial charge in [-0.15, -0.1) is 0 Å². The number of ether oxygens (including phenoxy) is 1. The van der Waals surface area contributed by atoms with Gasteiger partial charge in [0.25, 0.3) is 5.91 Å². The van der Waals surface area contributed by atoms with Gasteiger partial charge in [-0.3, -0.25) is 4.79 Å².